The van der Waals surface area contributed by atoms with Crippen LogP contribution in [0.4, 0.5) is 4.39 Å². The van der Waals surface area contributed by atoms with Crippen LogP contribution in [0.2, 0.25) is 0 Å². The van der Waals surface area contributed by atoms with E-state index in [4.69, 9.17) is 4.74 Å². The summed E-state index contributed by atoms with van der Waals surface area (Å²) in [5.41, 5.74) is 1.54. The van der Waals surface area contributed by atoms with E-state index in [1.54, 1.807) is 12.1 Å². The number of amides is 1. The maximum atomic E-state index is 13.0. The molecule has 0 unspecified atom stereocenters. The third-order valence-electron chi connectivity index (χ3n) is 3.61. The summed E-state index contributed by atoms with van der Waals surface area (Å²) < 4.78 is 18.5. The van der Waals surface area contributed by atoms with Crippen molar-refractivity contribution in [1.82, 2.24) is 9.88 Å². The van der Waals surface area contributed by atoms with Gasteiger partial charge in [0.05, 0.1) is 18.4 Å². The molecule has 0 aliphatic carbocycles. The van der Waals surface area contributed by atoms with Gasteiger partial charge in [-0.05, 0) is 38.1 Å². The first kappa shape index (κ1) is 15.1. The van der Waals surface area contributed by atoms with Crippen LogP contribution >= 0.6 is 11.3 Å². The molecule has 2 aromatic rings. The Hall–Kier alpha value is -1.79. The number of hydrogen-bond acceptors (Lipinski definition) is 4. The van der Waals surface area contributed by atoms with Crippen molar-refractivity contribution in [3.05, 3.63) is 40.7 Å². The van der Waals surface area contributed by atoms with E-state index in [0.29, 0.717) is 30.3 Å². The van der Waals surface area contributed by atoms with Gasteiger partial charge in [0.2, 0.25) is 0 Å². The fraction of sp³-hybridized carbons (Fsp3) is 0.375. The summed E-state index contributed by atoms with van der Waals surface area (Å²) in [5, 5.41) is 0.738. The first-order chi connectivity index (χ1) is 10.5. The maximum Gasteiger partial charge on any atom is 0.266 e. The van der Waals surface area contributed by atoms with Crippen LogP contribution in [0.5, 0.6) is 0 Å². The zero-order valence-corrected chi connectivity index (χ0v) is 13.3. The van der Waals surface area contributed by atoms with Crippen LogP contribution in [0.3, 0.4) is 0 Å². The van der Waals surface area contributed by atoms with Crippen molar-refractivity contribution >= 4 is 17.2 Å². The number of carbonyl (C=O) groups is 1. The minimum absolute atomic E-state index is 0.00138. The maximum absolute atomic E-state index is 13.0. The number of carbonyl (C=O) groups excluding carboxylic acids is 1. The van der Waals surface area contributed by atoms with Crippen LogP contribution in [0.25, 0.3) is 10.6 Å². The summed E-state index contributed by atoms with van der Waals surface area (Å²) in [7, 11) is 0. The average Bonchev–Trinajstić information content (AvgIpc) is 2.89. The molecule has 1 fully saturated rings. The highest BCUT2D eigenvalue weighted by atomic mass is 32.1. The standard InChI is InChI=1S/C16H17FN2O2S/c1-10-9-19(7-8-21-10)16(20)14-11(2)18-15(22-14)12-3-5-13(17)6-4-12/h3-6,10H,7-9H2,1-2H3/t10-/m1/s1. The van der Waals surface area contributed by atoms with Gasteiger partial charge in [0.25, 0.3) is 5.91 Å². The van der Waals surface area contributed by atoms with Gasteiger partial charge in [-0.25, -0.2) is 9.37 Å². The number of nitrogens with zero attached hydrogens (tertiary/aromatic N) is 2. The van der Waals surface area contributed by atoms with Gasteiger partial charge in [-0.15, -0.1) is 11.3 Å². The van der Waals surface area contributed by atoms with Gasteiger partial charge >= 0.3 is 0 Å². The molecule has 6 heteroatoms. The second kappa shape index (κ2) is 6.14. The van der Waals surface area contributed by atoms with Crippen LogP contribution in [0.1, 0.15) is 22.3 Å². The number of hydrogen-bond donors (Lipinski definition) is 0. The Balaban J connectivity index is 1.85. The summed E-state index contributed by atoms with van der Waals surface area (Å²) in [6.45, 7) is 5.56. The van der Waals surface area contributed by atoms with Crippen molar-refractivity contribution in [2.45, 2.75) is 20.0 Å². The van der Waals surface area contributed by atoms with E-state index in [1.807, 2.05) is 18.7 Å². The summed E-state index contributed by atoms with van der Waals surface area (Å²) in [5.74, 6) is -0.283. The molecule has 3 rings (SSSR count). The highest BCUT2D eigenvalue weighted by Crippen LogP contribution is 2.29. The lowest BCUT2D eigenvalue weighted by Crippen LogP contribution is -2.44. The van der Waals surface area contributed by atoms with E-state index in [-0.39, 0.29) is 17.8 Å². The van der Waals surface area contributed by atoms with Gasteiger partial charge in [-0.2, -0.15) is 0 Å². The average molecular weight is 320 g/mol. The Kier molecular flexibility index (Phi) is 4.22. The van der Waals surface area contributed by atoms with Gasteiger partial charge in [0, 0.05) is 18.7 Å². The van der Waals surface area contributed by atoms with Crippen molar-refractivity contribution < 1.29 is 13.9 Å². The number of aromatic nitrogens is 1. The molecular formula is C16H17FN2O2S. The fourth-order valence-electron chi connectivity index (χ4n) is 2.46. The second-order valence-electron chi connectivity index (χ2n) is 5.37. The molecule has 0 saturated carbocycles. The molecule has 0 bridgehead atoms. The minimum atomic E-state index is -0.282. The predicted molar refractivity (Wildman–Crippen MR) is 83.6 cm³/mol. The lowest BCUT2D eigenvalue weighted by atomic mass is 10.2. The molecule has 1 saturated heterocycles. The third kappa shape index (κ3) is 3.03. The fourth-order valence-corrected chi connectivity index (χ4v) is 3.50. The minimum Gasteiger partial charge on any atom is -0.375 e. The third-order valence-corrected chi connectivity index (χ3v) is 4.80. The van der Waals surface area contributed by atoms with E-state index in [9.17, 15) is 9.18 Å². The Morgan fingerprint density at radius 3 is 2.82 bits per heavy atom. The van der Waals surface area contributed by atoms with Crippen LogP contribution in [0.15, 0.2) is 24.3 Å². The molecule has 1 aliphatic rings. The zero-order chi connectivity index (χ0) is 15.7. The van der Waals surface area contributed by atoms with Gasteiger partial charge < -0.3 is 9.64 Å². The summed E-state index contributed by atoms with van der Waals surface area (Å²) in [4.78, 5) is 19.6. The highest BCUT2D eigenvalue weighted by molar-refractivity contribution is 7.17. The van der Waals surface area contributed by atoms with Crippen molar-refractivity contribution in [3.8, 4) is 10.6 Å². The first-order valence-corrected chi connectivity index (χ1v) is 8.00. The van der Waals surface area contributed by atoms with E-state index in [2.05, 4.69) is 4.98 Å². The van der Waals surface area contributed by atoms with Crippen LogP contribution in [0, 0.1) is 12.7 Å². The molecular weight excluding hydrogens is 303 g/mol. The summed E-state index contributed by atoms with van der Waals surface area (Å²) >= 11 is 1.36. The summed E-state index contributed by atoms with van der Waals surface area (Å²) in [6, 6.07) is 6.16. The Labute approximate surface area is 132 Å². The van der Waals surface area contributed by atoms with Gasteiger partial charge in [0.15, 0.2) is 0 Å². The molecule has 1 aliphatic heterocycles. The van der Waals surface area contributed by atoms with Gasteiger partial charge in [0.1, 0.15) is 15.7 Å². The van der Waals surface area contributed by atoms with Crippen molar-refractivity contribution in [1.29, 1.82) is 0 Å². The predicted octanol–water partition coefficient (Wildman–Crippen LogP) is 3.12. The molecule has 4 nitrogen and oxygen atoms in total. The molecule has 0 radical (unpaired) electrons. The number of ether oxygens (including phenoxy) is 1. The summed E-state index contributed by atoms with van der Waals surface area (Å²) in [6.07, 6.45) is 0.0579. The largest absolute Gasteiger partial charge is 0.375 e. The van der Waals surface area contributed by atoms with Gasteiger partial charge in [-0.3, -0.25) is 4.79 Å². The molecule has 1 aromatic carbocycles. The quantitative estimate of drug-likeness (QED) is 0.854. The number of halogens is 1. The zero-order valence-electron chi connectivity index (χ0n) is 12.5. The highest BCUT2D eigenvalue weighted by Gasteiger charge is 2.26. The number of morpholine rings is 1. The van der Waals surface area contributed by atoms with Gasteiger partial charge in [-0.1, -0.05) is 0 Å². The van der Waals surface area contributed by atoms with E-state index in [1.165, 1.54) is 23.5 Å². The Morgan fingerprint density at radius 1 is 1.41 bits per heavy atom. The second-order valence-corrected chi connectivity index (χ2v) is 6.37. The molecule has 116 valence electrons. The monoisotopic (exact) mass is 320 g/mol. The Morgan fingerprint density at radius 2 is 2.14 bits per heavy atom. The molecule has 1 amide bonds. The number of rotatable bonds is 2. The number of aryl methyl sites for hydroxylation is 1. The molecule has 2 heterocycles. The van der Waals surface area contributed by atoms with Crippen LogP contribution in [-0.4, -0.2) is 41.6 Å². The number of thiazole rings is 1. The van der Waals surface area contributed by atoms with E-state index >= 15 is 0 Å². The molecule has 0 spiro atoms. The number of benzene rings is 1. The molecule has 22 heavy (non-hydrogen) atoms. The van der Waals surface area contributed by atoms with Crippen LogP contribution < -0.4 is 0 Å². The molecule has 1 aromatic heterocycles. The van der Waals surface area contributed by atoms with Crippen molar-refractivity contribution in [3.63, 3.8) is 0 Å². The van der Waals surface area contributed by atoms with E-state index in [0.717, 1.165) is 10.6 Å². The lowest BCUT2D eigenvalue weighted by molar-refractivity contribution is -0.0122. The van der Waals surface area contributed by atoms with Crippen molar-refractivity contribution in [2.75, 3.05) is 19.7 Å². The normalized spacial score (nSPS) is 18.5. The first-order valence-electron chi connectivity index (χ1n) is 7.19. The molecule has 0 N–H and O–H groups in total. The van der Waals surface area contributed by atoms with Crippen LogP contribution in [-0.2, 0) is 4.74 Å². The van der Waals surface area contributed by atoms with Crippen molar-refractivity contribution in [2.24, 2.45) is 0 Å². The molecule has 1 atom stereocenters. The smallest absolute Gasteiger partial charge is 0.266 e. The topological polar surface area (TPSA) is 42.4 Å². The SMILES string of the molecule is Cc1nc(-c2ccc(F)cc2)sc1C(=O)N1CCO[C@H](C)C1. The lowest BCUT2D eigenvalue weighted by Gasteiger charge is -2.30. The Bertz CT molecular complexity index is 684. The van der Waals surface area contributed by atoms with E-state index < -0.39 is 0 Å².